The lowest BCUT2D eigenvalue weighted by Gasteiger charge is -2.45. The molecule has 0 bridgehead atoms. The molecule has 0 aliphatic heterocycles. The maximum absolute atomic E-state index is 13.2. The molecule has 22 heavy (non-hydrogen) atoms. The number of rotatable bonds is 2. The molecule has 1 fully saturated rings. The summed E-state index contributed by atoms with van der Waals surface area (Å²) < 4.78 is 31.5. The van der Waals surface area contributed by atoms with Gasteiger partial charge in [0.25, 0.3) is 5.92 Å². The topological polar surface area (TPSA) is 84.6 Å². The van der Waals surface area contributed by atoms with Gasteiger partial charge in [0.15, 0.2) is 0 Å². The zero-order chi connectivity index (χ0) is 16.8. The Hall–Kier alpha value is -1.89. The highest BCUT2D eigenvalue weighted by Crippen LogP contribution is 2.52. The number of benzene rings is 1. The molecule has 0 heterocycles. The lowest BCUT2D eigenvalue weighted by Crippen LogP contribution is -2.55. The fourth-order valence-corrected chi connectivity index (χ4v) is 2.53. The van der Waals surface area contributed by atoms with E-state index in [1.807, 2.05) is 0 Å². The third-order valence-electron chi connectivity index (χ3n) is 3.32. The Kier molecular flexibility index (Phi) is 3.81. The number of phenolic OH excluding ortho intramolecular Hbond substituents is 1. The van der Waals surface area contributed by atoms with Gasteiger partial charge >= 0.3 is 6.09 Å². The van der Waals surface area contributed by atoms with Crippen LogP contribution in [0.1, 0.15) is 39.2 Å². The van der Waals surface area contributed by atoms with Crippen molar-refractivity contribution in [3.05, 3.63) is 23.8 Å². The Morgan fingerprint density at radius 3 is 2.45 bits per heavy atom. The van der Waals surface area contributed by atoms with E-state index < -0.39 is 36.0 Å². The predicted octanol–water partition coefficient (Wildman–Crippen LogP) is 3.32. The number of ether oxygens (including phenoxy) is 1. The number of carbonyl (C=O) groups excluding carboxylic acids is 1. The van der Waals surface area contributed by atoms with E-state index in [0.717, 1.165) is 0 Å². The van der Waals surface area contributed by atoms with Gasteiger partial charge in [-0.2, -0.15) is 0 Å². The van der Waals surface area contributed by atoms with Crippen LogP contribution in [-0.2, 0) is 10.3 Å². The van der Waals surface area contributed by atoms with Crippen molar-refractivity contribution in [1.82, 2.24) is 0 Å². The van der Waals surface area contributed by atoms with Gasteiger partial charge in [0.05, 0.1) is 5.54 Å². The summed E-state index contributed by atoms with van der Waals surface area (Å²) in [5, 5.41) is 12.1. The van der Waals surface area contributed by atoms with Crippen LogP contribution in [0, 0.1) is 0 Å². The molecule has 0 spiro atoms. The van der Waals surface area contributed by atoms with Crippen LogP contribution < -0.4 is 11.1 Å². The van der Waals surface area contributed by atoms with E-state index in [1.165, 1.54) is 18.2 Å². The van der Waals surface area contributed by atoms with Crippen molar-refractivity contribution in [2.24, 2.45) is 5.73 Å². The highest BCUT2D eigenvalue weighted by molar-refractivity contribution is 5.86. The highest BCUT2D eigenvalue weighted by atomic mass is 19.3. The third-order valence-corrected chi connectivity index (χ3v) is 3.32. The molecular weight excluding hydrogens is 294 g/mol. The first-order valence-electron chi connectivity index (χ1n) is 6.90. The van der Waals surface area contributed by atoms with Gasteiger partial charge in [0, 0.05) is 18.5 Å². The van der Waals surface area contributed by atoms with Crippen molar-refractivity contribution in [2.75, 3.05) is 5.32 Å². The number of alkyl halides is 2. The fraction of sp³-hybridized carbons (Fsp3) is 0.533. The van der Waals surface area contributed by atoms with Gasteiger partial charge in [0.2, 0.25) is 0 Å². The number of halogens is 2. The molecule has 4 N–H and O–H groups in total. The molecule has 0 aromatic heterocycles. The van der Waals surface area contributed by atoms with Crippen LogP contribution in [0.15, 0.2) is 18.2 Å². The molecule has 0 saturated heterocycles. The second-order valence-corrected chi connectivity index (χ2v) is 6.72. The summed E-state index contributed by atoms with van der Waals surface area (Å²) in [4.78, 5) is 11.8. The molecule has 7 heteroatoms. The van der Waals surface area contributed by atoms with Gasteiger partial charge in [-0.25, -0.2) is 13.6 Å². The summed E-state index contributed by atoms with van der Waals surface area (Å²) in [7, 11) is 0. The molecule has 1 aromatic rings. The van der Waals surface area contributed by atoms with Crippen LogP contribution in [-0.4, -0.2) is 22.7 Å². The number of carbonyl (C=O) groups is 1. The van der Waals surface area contributed by atoms with Crippen LogP contribution >= 0.6 is 0 Å². The van der Waals surface area contributed by atoms with E-state index in [-0.39, 0.29) is 17.0 Å². The first-order valence-corrected chi connectivity index (χ1v) is 6.90. The SMILES string of the molecule is CC(C)(C)OC(=O)Nc1ccc(O)cc1C1(N)CC(F)(F)C1. The van der Waals surface area contributed by atoms with E-state index in [0.29, 0.717) is 0 Å². The van der Waals surface area contributed by atoms with Crippen molar-refractivity contribution in [1.29, 1.82) is 0 Å². The summed E-state index contributed by atoms with van der Waals surface area (Å²) in [6.07, 6.45) is -1.78. The van der Waals surface area contributed by atoms with Crippen LogP contribution in [0.25, 0.3) is 0 Å². The second kappa shape index (κ2) is 5.08. The lowest BCUT2D eigenvalue weighted by atomic mass is 9.69. The molecule has 0 radical (unpaired) electrons. The van der Waals surface area contributed by atoms with Crippen molar-refractivity contribution < 1.29 is 23.4 Å². The molecule has 0 atom stereocenters. The van der Waals surface area contributed by atoms with Crippen LogP contribution in [0.3, 0.4) is 0 Å². The Labute approximate surface area is 127 Å². The minimum absolute atomic E-state index is 0.107. The minimum atomic E-state index is -2.83. The molecule has 1 aromatic carbocycles. The minimum Gasteiger partial charge on any atom is -0.508 e. The quantitative estimate of drug-likeness (QED) is 0.731. The van der Waals surface area contributed by atoms with E-state index in [1.54, 1.807) is 20.8 Å². The van der Waals surface area contributed by atoms with Gasteiger partial charge in [0.1, 0.15) is 11.4 Å². The Balaban J connectivity index is 2.24. The van der Waals surface area contributed by atoms with Gasteiger partial charge in [-0.3, -0.25) is 5.32 Å². The van der Waals surface area contributed by atoms with Crippen molar-refractivity contribution >= 4 is 11.8 Å². The number of phenols is 1. The summed E-state index contributed by atoms with van der Waals surface area (Å²) in [6, 6.07) is 4.05. The molecule has 2 rings (SSSR count). The molecule has 1 amide bonds. The standard InChI is InChI=1S/C15H20F2N2O3/c1-13(2,3)22-12(21)19-11-5-4-9(20)6-10(11)14(18)7-15(16,17)8-14/h4-6,20H,7-8,18H2,1-3H3,(H,19,21). The number of anilines is 1. The van der Waals surface area contributed by atoms with Crippen molar-refractivity contribution in [2.45, 2.75) is 50.7 Å². The fourth-order valence-electron chi connectivity index (χ4n) is 2.53. The number of nitrogens with one attached hydrogen (secondary N) is 1. The molecule has 5 nitrogen and oxygen atoms in total. The number of hydrogen-bond acceptors (Lipinski definition) is 4. The van der Waals surface area contributed by atoms with Crippen LogP contribution in [0.2, 0.25) is 0 Å². The first-order chi connectivity index (χ1) is 9.90. The summed E-state index contributed by atoms with van der Waals surface area (Å²) in [5.41, 5.74) is 4.54. The van der Waals surface area contributed by atoms with E-state index in [9.17, 15) is 18.7 Å². The Bertz CT molecular complexity index is 589. The third kappa shape index (κ3) is 3.65. The smallest absolute Gasteiger partial charge is 0.412 e. The number of hydrogen-bond donors (Lipinski definition) is 3. The number of aromatic hydroxyl groups is 1. The largest absolute Gasteiger partial charge is 0.508 e. The van der Waals surface area contributed by atoms with Crippen molar-refractivity contribution in [3.8, 4) is 5.75 Å². The molecule has 1 aliphatic rings. The van der Waals surface area contributed by atoms with Crippen LogP contribution in [0.5, 0.6) is 5.75 Å². The Morgan fingerprint density at radius 1 is 1.36 bits per heavy atom. The average Bonchev–Trinajstić information content (AvgIpc) is 2.26. The van der Waals surface area contributed by atoms with E-state index in [2.05, 4.69) is 5.32 Å². The molecule has 1 saturated carbocycles. The van der Waals surface area contributed by atoms with E-state index in [4.69, 9.17) is 10.5 Å². The lowest BCUT2D eigenvalue weighted by molar-refractivity contribution is -0.124. The van der Waals surface area contributed by atoms with Crippen molar-refractivity contribution in [3.63, 3.8) is 0 Å². The number of amides is 1. The van der Waals surface area contributed by atoms with Crippen LogP contribution in [0.4, 0.5) is 19.3 Å². The summed E-state index contributed by atoms with van der Waals surface area (Å²) in [5.74, 6) is -2.94. The molecular formula is C15H20F2N2O3. The highest BCUT2D eigenvalue weighted by Gasteiger charge is 2.56. The molecule has 122 valence electrons. The maximum atomic E-state index is 13.2. The predicted molar refractivity (Wildman–Crippen MR) is 78.0 cm³/mol. The summed E-state index contributed by atoms with van der Waals surface area (Å²) in [6.45, 7) is 5.13. The first kappa shape index (κ1) is 16.5. The zero-order valence-corrected chi connectivity index (χ0v) is 12.7. The maximum Gasteiger partial charge on any atom is 0.412 e. The molecule has 1 aliphatic carbocycles. The van der Waals surface area contributed by atoms with Gasteiger partial charge < -0.3 is 15.6 Å². The Morgan fingerprint density at radius 2 is 1.95 bits per heavy atom. The zero-order valence-electron chi connectivity index (χ0n) is 12.7. The monoisotopic (exact) mass is 314 g/mol. The number of nitrogens with two attached hydrogens (primary N) is 1. The van der Waals surface area contributed by atoms with Gasteiger partial charge in [-0.05, 0) is 44.5 Å². The van der Waals surface area contributed by atoms with Gasteiger partial charge in [-0.1, -0.05) is 0 Å². The second-order valence-electron chi connectivity index (χ2n) is 6.72. The normalized spacial score (nSPS) is 19.2. The summed E-state index contributed by atoms with van der Waals surface area (Å²) >= 11 is 0. The van der Waals surface area contributed by atoms with Gasteiger partial charge in [-0.15, -0.1) is 0 Å². The van der Waals surface area contributed by atoms with E-state index >= 15 is 0 Å². The average molecular weight is 314 g/mol. The molecule has 0 unspecified atom stereocenters.